The average molecular weight is 433 g/mol. The molecule has 166 valence electrons. The minimum Gasteiger partial charge on any atom is -0.342 e. The SMILES string of the molecule is O=C(C1CC1)N1CCC[C@@H](c2cc3nc4c(c(=O)n3[nH]2)CN(Cc2ccncc2)CC4)C1. The van der Waals surface area contributed by atoms with Crippen LogP contribution in [0, 0.1) is 5.92 Å². The summed E-state index contributed by atoms with van der Waals surface area (Å²) < 4.78 is 1.60. The molecule has 6 rings (SSSR count). The molecular weight excluding hydrogens is 404 g/mol. The van der Waals surface area contributed by atoms with Gasteiger partial charge in [0.25, 0.3) is 5.56 Å². The first-order valence-corrected chi connectivity index (χ1v) is 11.7. The van der Waals surface area contributed by atoms with E-state index in [1.165, 1.54) is 5.56 Å². The summed E-state index contributed by atoms with van der Waals surface area (Å²) >= 11 is 0. The molecule has 0 spiro atoms. The van der Waals surface area contributed by atoms with Crippen LogP contribution >= 0.6 is 0 Å². The summed E-state index contributed by atoms with van der Waals surface area (Å²) in [6, 6.07) is 6.05. The molecule has 8 nitrogen and oxygen atoms in total. The molecule has 32 heavy (non-hydrogen) atoms. The summed E-state index contributed by atoms with van der Waals surface area (Å²) in [7, 11) is 0. The van der Waals surface area contributed by atoms with Gasteiger partial charge in [-0.2, -0.15) is 0 Å². The summed E-state index contributed by atoms with van der Waals surface area (Å²) in [6.45, 7) is 3.87. The van der Waals surface area contributed by atoms with Crippen molar-refractivity contribution in [1.29, 1.82) is 0 Å². The van der Waals surface area contributed by atoms with Gasteiger partial charge in [-0.1, -0.05) is 0 Å². The first-order chi connectivity index (χ1) is 15.7. The molecule has 1 N–H and O–H groups in total. The number of H-pyrrole nitrogens is 1. The molecule has 3 aromatic rings. The fraction of sp³-hybridized carbons (Fsp3) is 0.500. The zero-order chi connectivity index (χ0) is 21.7. The van der Waals surface area contributed by atoms with Gasteiger partial charge in [0.2, 0.25) is 5.91 Å². The Morgan fingerprint density at radius 1 is 1.16 bits per heavy atom. The Kier molecular flexibility index (Phi) is 4.82. The molecule has 5 heterocycles. The normalized spacial score (nSPS) is 21.6. The summed E-state index contributed by atoms with van der Waals surface area (Å²) in [5.41, 5.74) is 4.60. The fourth-order valence-electron chi connectivity index (χ4n) is 5.17. The number of nitrogens with one attached hydrogen (secondary N) is 1. The van der Waals surface area contributed by atoms with Crippen molar-refractivity contribution < 1.29 is 4.79 Å². The predicted octanol–water partition coefficient (Wildman–Crippen LogP) is 2.09. The van der Waals surface area contributed by atoms with Crippen LogP contribution in [0.2, 0.25) is 0 Å². The Labute approximate surface area is 186 Å². The van der Waals surface area contributed by atoms with E-state index in [2.05, 4.69) is 15.0 Å². The second kappa shape index (κ2) is 7.85. The maximum atomic E-state index is 13.3. The zero-order valence-corrected chi connectivity index (χ0v) is 18.2. The van der Waals surface area contributed by atoms with Crippen LogP contribution in [0.4, 0.5) is 0 Å². The highest BCUT2D eigenvalue weighted by Gasteiger charge is 2.36. The largest absolute Gasteiger partial charge is 0.342 e. The van der Waals surface area contributed by atoms with Crippen LogP contribution in [0.15, 0.2) is 35.4 Å². The number of amides is 1. The molecule has 0 radical (unpaired) electrons. The number of hydrogen-bond donors (Lipinski definition) is 1. The Morgan fingerprint density at radius 3 is 2.81 bits per heavy atom. The lowest BCUT2D eigenvalue weighted by Crippen LogP contribution is -2.40. The molecule has 1 saturated heterocycles. The highest BCUT2D eigenvalue weighted by molar-refractivity contribution is 5.81. The molecule has 3 aromatic heterocycles. The number of piperidine rings is 1. The molecule has 1 atom stereocenters. The van der Waals surface area contributed by atoms with Crippen molar-refractivity contribution in [2.24, 2.45) is 5.92 Å². The number of fused-ring (bicyclic) bond motifs is 2. The number of aromatic amines is 1. The van der Waals surface area contributed by atoms with E-state index in [0.29, 0.717) is 18.1 Å². The number of likely N-dealkylation sites (tertiary alicyclic amines) is 1. The van der Waals surface area contributed by atoms with E-state index in [9.17, 15) is 9.59 Å². The average Bonchev–Trinajstić information content (AvgIpc) is 3.59. The van der Waals surface area contributed by atoms with Crippen LogP contribution < -0.4 is 5.56 Å². The molecule has 2 fully saturated rings. The number of aromatic nitrogens is 4. The number of hydrogen-bond acceptors (Lipinski definition) is 5. The van der Waals surface area contributed by atoms with Crippen molar-refractivity contribution in [2.75, 3.05) is 19.6 Å². The van der Waals surface area contributed by atoms with Crippen molar-refractivity contribution in [3.05, 3.63) is 63.5 Å². The predicted molar refractivity (Wildman–Crippen MR) is 119 cm³/mol. The maximum Gasteiger partial charge on any atom is 0.277 e. The van der Waals surface area contributed by atoms with E-state index in [0.717, 1.165) is 75.2 Å². The lowest BCUT2D eigenvalue weighted by atomic mass is 9.94. The molecule has 8 heteroatoms. The lowest BCUT2D eigenvalue weighted by Gasteiger charge is -2.32. The summed E-state index contributed by atoms with van der Waals surface area (Å²) in [6.07, 6.45) is 8.48. The van der Waals surface area contributed by atoms with Crippen LogP contribution in [-0.4, -0.2) is 54.9 Å². The Hall–Kier alpha value is -3.00. The number of carbonyl (C=O) groups excluding carboxylic acids is 1. The topological polar surface area (TPSA) is 86.6 Å². The standard InChI is InChI=1S/C24H28N6O2/c31-23(17-3-4-17)29-10-1-2-18(14-29)21-12-22-26-20-7-11-28(13-16-5-8-25-9-6-16)15-19(20)24(32)30(22)27-21/h5-6,8-9,12,17-18,27H,1-4,7,10-11,13-15H2/t18-/m1/s1. The Bertz CT molecular complexity index is 1210. The van der Waals surface area contributed by atoms with E-state index in [-0.39, 0.29) is 17.4 Å². The van der Waals surface area contributed by atoms with Crippen LogP contribution in [0.3, 0.4) is 0 Å². The van der Waals surface area contributed by atoms with Crippen molar-refractivity contribution in [3.8, 4) is 0 Å². The second-order valence-electron chi connectivity index (χ2n) is 9.46. The molecule has 2 aliphatic heterocycles. The lowest BCUT2D eigenvalue weighted by molar-refractivity contribution is -0.133. The summed E-state index contributed by atoms with van der Waals surface area (Å²) in [5, 5.41) is 3.33. The first-order valence-electron chi connectivity index (χ1n) is 11.7. The fourth-order valence-corrected chi connectivity index (χ4v) is 5.17. The molecule has 3 aliphatic rings. The molecule has 1 aliphatic carbocycles. The third-order valence-electron chi connectivity index (χ3n) is 7.12. The van der Waals surface area contributed by atoms with Gasteiger partial charge in [-0.3, -0.25) is 24.6 Å². The third kappa shape index (κ3) is 3.62. The van der Waals surface area contributed by atoms with Gasteiger partial charge in [-0.25, -0.2) is 9.50 Å². The molecular formula is C24H28N6O2. The minimum absolute atomic E-state index is 0.00241. The Morgan fingerprint density at radius 2 is 2.00 bits per heavy atom. The highest BCUT2D eigenvalue weighted by atomic mass is 16.2. The van der Waals surface area contributed by atoms with E-state index in [1.54, 1.807) is 16.9 Å². The summed E-state index contributed by atoms with van der Waals surface area (Å²) in [5.74, 6) is 0.793. The molecule has 0 bridgehead atoms. The quantitative estimate of drug-likeness (QED) is 0.682. The maximum absolute atomic E-state index is 13.3. The van der Waals surface area contributed by atoms with Crippen molar-refractivity contribution in [3.63, 3.8) is 0 Å². The van der Waals surface area contributed by atoms with E-state index in [1.807, 2.05) is 23.1 Å². The van der Waals surface area contributed by atoms with E-state index < -0.39 is 0 Å². The smallest absolute Gasteiger partial charge is 0.277 e. The number of rotatable bonds is 4. The second-order valence-corrected chi connectivity index (χ2v) is 9.46. The molecule has 0 unspecified atom stereocenters. The van der Waals surface area contributed by atoms with Gasteiger partial charge in [0.05, 0.1) is 11.3 Å². The number of nitrogens with zero attached hydrogens (tertiary/aromatic N) is 5. The van der Waals surface area contributed by atoms with Gasteiger partial charge in [0, 0.05) is 75.1 Å². The Balaban J connectivity index is 1.25. The van der Waals surface area contributed by atoms with Crippen LogP contribution in [0.5, 0.6) is 0 Å². The van der Waals surface area contributed by atoms with Gasteiger partial charge in [-0.15, -0.1) is 0 Å². The van der Waals surface area contributed by atoms with Crippen LogP contribution in [0.25, 0.3) is 5.65 Å². The first kappa shape index (κ1) is 19.7. The van der Waals surface area contributed by atoms with Crippen molar-refractivity contribution in [1.82, 2.24) is 29.4 Å². The summed E-state index contributed by atoms with van der Waals surface area (Å²) in [4.78, 5) is 39.1. The van der Waals surface area contributed by atoms with Crippen LogP contribution in [0.1, 0.15) is 54.1 Å². The van der Waals surface area contributed by atoms with Gasteiger partial charge < -0.3 is 4.90 Å². The van der Waals surface area contributed by atoms with Gasteiger partial charge in [0.1, 0.15) is 0 Å². The van der Waals surface area contributed by atoms with Crippen molar-refractivity contribution >= 4 is 11.6 Å². The van der Waals surface area contributed by atoms with E-state index >= 15 is 0 Å². The minimum atomic E-state index is -0.00241. The zero-order valence-electron chi connectivity index (χ0n) is 18.2. The number of pyridine rings is 1. The van der Waals surface area contributed by atoms with Crippen molar-refractivity contribution in [2.45, 2.75) is 51.1 Å². The van der Waals surface area contributed by atoms with E-state index in [4.69, 9.17) is 4.98 Å². The monoisotopic (exact) mass is 432 g/mol. The molecule has 0 aromatic carbocycles. The third-order valence-corrected chi connectivity index (χ3v) is 7.12. The van der Waals surface area contributed by atoms with Gasteiger partial charge >= 0.3 is 0 Å². The number of carbonyl (C=O) groups is 1. The van der Waals surface area contributed by atoms with Gasteiger partial charge in [-0.05, 0) is 43.4 Å². The highest BCUT2D eigenvalue weighted by Crippen LogP contribution is 2.34. The van der Waals surface area contributed by atoms with Crippen LogP contribution in [-0.2, 0) is 24.3 Å². The molecule has 1 amide bonds. The van der Waals surface area contributed by atoms with Gasteiger partial charge in [0.15, 0.2) is 5.65 Å². The molecule has 1 saturated carbocycles.